The molecule has 6 heteroatoms. The zero-order chi connectivity index (χ0) is 10.2. The molecule has 3 nitrogen and oxygen atoms in total. The maximum absolute atomic E-state index is 12.0. The van der Waals surface area contributed by atoms with Gasteiger partial charge in [-0.15, -0.1) is 13.2 Å². The summed E-state index contributed by atoms with van der Waals surface area (Å²) < 4.78 is 35.9. The van der Waals surface area contributed by atoms with Crippen LogP contribution in [0.4, 0.5) is 13.2 Å². The van der Waals surface area contributed by atoms with Crippen molar-refractivity contribution in [1.29, 1.82) is 0 Å². The lowest BCUT2D eigenvalue weighted by atomic mass is 10.2. The number of hydrogen-bond donors (Lipinski definition) is 0. The molecule has 1 aromatic rings. The number of halogens is 3. The molecular formula is C7H7F3N2O. The Hall–Kier alpha value is -1.33. The van der Waals surface area contributed by atoms with Gasteiger partial charge < -0.3 is 0 Å². The first kappa shape index (κ1) is 9.76. The molecule has 0 aliphatic rings. The van der Waals surface area contributed by atoms with Gasteiger partial charge in [0.2, 0.25) is 0 Å². The van der Waals surface area contributed by atoms with Crippen LogP contribution in [0.3, 0.4) is 0 Å². The van der Waals surface area contributed by atoms with Crippen LogP contribution in [0.2, 0.25) is 0 Å². The van der Waals surface area contributed by atoms with Gasteiger partial charge in [-0.3, -0.25) is 4.79 Å². The number of ketones is 1. The molecule has 0 bridgehead atoms. The van der Waals surface area contributed by atoms with Gasteiger partial charge in [-0.25, -0.2) is 0 Å². The first-order chi connectivity index (χ1) is 5.82. The zero-order valence-electron chi connectivity index (χ0n) is 7.01. The number of carbonyl (C=O) groups is 1. The van der Waals surface area contributed by atoms with E-state index < -0.39 is 12.1 Å². The maximum atomic E-state index is 12.0. The van der Waals surface area contributed by atoms with Crippen molar-refractivity contribution in [2.75, 3.05) is 0 Å². The van der Waals surface area contributed by atoms with Gasteiger partial charge in [-0.2, -0.15) is 9.78 Å². The van der Waals surface area contributed by atoms with E-state index >= 15 is 0 Å². The minimum absolute atomic E-state index is 0.141. The van der Waals surface area contributed by atoms with E-state index in [1.54, 1.807) is 0 Å². The Kier molecular flexibility index (Phi) is 2.15. The summed E-state index contributed by atoms with van der Waals surface area (Å²) in [5, 5.41) is 3.12. The third-order valence-corrected chi connectivity index (χ3v) is 1.49. The van der Waals surface area contributed by atoms with E-state index in [2.05, 4.69) is 5.10 Å². The summed E-state index contributed by atoms with van der Waals surface area (Å²) in [5.74, 6) is -0.472. The minimum atomic E-state index is -4.56. The van der Waals surface area contributed by atoms with E-state index in [9.17, 15) is 18.0 Å². The van der Waals surface area contributed by atoms with Gasteiger partial charge in [0.25, 0.3) is 0 Å². The third kappa shape index (κ3) is 1.88. The van der Waals surface area contributed by atoms with Gasteiger partial charge in [0.1, 0.15) is 5.69 Å². The lowest BCUT2D eigenvalue weighted by molar-refractivity contribution is -0.212. The predicted octanol–water partition coefficient (Wildman–Crippen LogP) is 1.87. The number of carbonyl (C=O) groups excluding carboxylic acids is 1. The minimum Gasteiger partial charge on any atom is -0.293 e. The van der Waals surface area contributed by atoms with Crippen molar-refractivity contribution in [3.05, 3.63) is 17.5 Å². The summed E-state index contributed by atoms with van der Waals surface area (Å²) in [6, 6.07) is 0. The highest BCUT2D eigenvalue weighted by molar-refractivity contribution is 5.93. The van der Waals surface area contributed by atoms with Crippen LogP contribution < -0.4 is 0 Å². The van der Waals surface area contributed by atoms with Crippen LogP contribution in [0, 0.1) is 6.92 Å². The van der Waals surface area contributed by atoms with Crippen LogP contribution in [0.1, 0.15) is 23.0 Å². The number of nitrogens with zero attached hydrogens (tertiary/aromatic N) is 2. The van der Waals surface area contributed by atoms with E-state index in [1.807, 2.05) is 0 Å². The summed E-state index contributed by atoms with van der Waals surface area (Å²) in [7, 11) is 0. The van der Waals surface area contributed by atoms with Crippen molar-refractivity contribution in [3.8, 4) is 0 Å². The highest BCUT2D eigenvalue weighted by Gasteiger charge is 2.32. The Morgan fingerprint density at radius 3 is 2.31 bits per heavy atom. The molecule has 0 saturated carbocycles. The third-order valence-electron chi connectivity index (χ3n) is 1.49. The molecule has 0 aliphatic heterocycles. The molecule has 72 valence electrons. The smallest absolute Gasteiger partial charge is 0.293 e. The second kappa shape index (κ2) is 2.86. The Bertz CT molecular complexity index is 340. The molecule has 0 aromatic carbocycles. The fraction of sp³-hybridized carbons (Fsp3) is 0.429. The summed E-state index contributed by atoms with van der Waals surface area (Å²) in [5.41, 5.74) is 0.0853. The quantitative estimate of drug-likeness (QED) is 0.636. The highest BCUT2D eigenvalue weighted by atomic mass is 19.4. The lowest BCUT2D eigenvalue weighted by Gasteiger charge is -2.03. The van der Waals surface area contributed by atoms with Crippen LogP contribution in [0.15, 0.2) is 6.20 Å². The Balaban J connectivity index is 3.17. The Labute approximate surface area is 72.2 Å². The fourth-order valence-corrected chi connectivity index (χ4v) is 0.938. The molecule has 0 fully saturated rings. The monoisotopic (exact) mass is 192 g/mol. The van der Waals surface area contributed by atoms with Crippen molar-refractivity contribution < 1.29 is 18.0 Å². The standard InChI is InChI=1S/C7H7F3N2O/c1-4-3-12(7(8,9)10)11-6(4)5(2)13/h3H,1-2H3. The summed E-state index contributed by atoms with van der Waals surface area (Å²) in [6.07, 6.45) is -3.77. The normalized spacial score (nSPS) is 11.8. The van der Waals surface area contributed by atoms with Crippen molar-refractivity contribution in [3.63, 3.8) is 0 Å². The number of aromatic nitrogens is 2. The molecule has 1 aromatic heterocycles. The van der Waals surface area contributed by atoms with Crippen molar-refractivity contribution in [2.45, 2.75) is 20.1 Å². The molecular weight excluding hydrogens is 185 g/mol. The SMILES string of the molecule is CC(=O)c1nn(C(F)(F)F)cc1C. The Morgan fingerprint density at radius 2 is 2.08 bits per heavy atom. The second-order valence-corrected chi connectivity index (χ2v) is 2.63. The average molecular weight is 192 g/mol. The number of alkyl halides is 3. The molecule has 0 amide bonds. The fourth-order valence-electron chi connectivity index (χ4n) is 0.938. The molecule has 0 atom stereocenters. The topological polar surface area (TPSA) is 34.9 Å². The van der Waals surface area contributed by atoms with E-state index in [0.29, 0.717) is 0 Å². The molecule has 0 N–H and O–H groups in total. The van der Waals surface area contributed by atoms with Crippen molar-refractivity contribution in [2.24, 2.45) is 0 Å². The van der Waals surface area contributed by atoms with E-state index in [4.69, 9.17) is 0 Å². The molecule has 13 heavy (non-hydrogen) atoms. The molecule has 0 saturated heterocycles. The van der Waals surface area contributed by atoms with Gasteiger partial charge in [-0.05, 0) is 12.5 Å². The van der Waals surface area contributed by atoms with E-state index in [-0.39, 0.29) is 15.9 Å². The van der Waals surface area contributed by atoms with Crippen LogP contribution in [0.5, 0.6) is 0 Å². The predicted molar refractivity (Wildman–Crippen MR) is 38.3 cm³/mol. The maximum Gasteiger partial charge on any atom is 0.504 e. The number of hydrogen-bond acceptors (Lipinski definition) is 2. The zero-order valence-corrected chi connectivity index (χ0v) is 7.01. The largest absolute Gasteiger partial charge is 0.504 e. The molecule has 0 spiro atoms. The van der Waals surface area contributed by atoms with Gasteiger partial charge in [0.05, 0.1) is 0 Å². The molecule has 1 heterocycles. The molecule has 0 unspecified atom stereocenters. The first-order valence-corrected chi connectivity index (χ1v) is 3.47. The van der Waals surface area contributed by atoms with Crippen molar-refractivity contribution >= 4 is 5.78 Å². The van der Waals surface area contributed by atoms with Crippen LogP contribution >= 0.6 is 0 Å². The highest BCUT2D eigenvalue weighted by Crippen LogP contribution is 2.22. The molecule has 1 rings (SSSR count). The van der Waals surface area contributed by atoms with E-state index in [1.165, 1.54) is 13.8 Å². The number of rotatable bonds is 1. The summed E-state index contributed by atoms with van der Waals surface area (Å²) >= 11 is 0. The summed E-state index contributed by atoms with van der Waals surface area (Å²) in [4.78, 5) is 10.8. The van der Waals surface area contributed by atoms with Crippen molar-refractivity contribution in [1.82, 2.24) is 9.78 Å². The number of aryl methyl sites for hydroxylation is 1. The lowest BCUT2D eigenvalue weighted by Crippen LogP contribution is -2.17. The van der Waals surface area contributed by atoms with Crippen LogP contribution in [-0.4, -0.2) is 15.6 Å². The van der Waals surface area contributed by atoms with Gasteiger partial charge in [-0.1, -0.05) is 0 Å². The average Bonchev–Trinajstić information content (AvgIpc) is 2.29. The second-order valence-electron chi connectivity index (χ2n) is 2.63. The first-order valence-electron chi connectivity index (χ1n) is 3.47. The van der Waals surface area contributed by atoms with Gasteiger partial charge >= 0.3 is 6.30 Å². The molecule has 0 aliphatic carbocycles. The van der Waals surface area contributed by atoms with E-state index in [0.717, 1.165) is 6.20 Å². The van der Waals surface area contributed by atoms with Crippen LogP contribution in [0.25, 0.3) is 0 Å². The van der Waals surface area contributed by atoms with Crippen LogP contribution in [-0.2, 0) is 6.30 Å². The Morgan fingerprint density at radius 1 is 1.54 bits per heavy atom. The summed E-state index contributed by atoms with van der Waals surface area (Å²) in [6.45, 7) is 2.59. The van der Waals surface area contributed by atoms with Gasteiger partial charge in [0, 0.05) is 13.1 Å². The number of Topliss-reactive ketones (excluding diaryl/α,β-unsaturated/α-hetero) is 1. The molecule has 0 radical (unpaired) electrons. The van der Waals surface area contributed by atoms with Gasteiger partial charge in [0.15, 0.2) is 5.78 Å².